The third-order valence-corrected chi connectivity index (χ3v) is 2.60. The third kappa shape index (κ3) is 5.10. The highest BCUT2D eigenvalue weighted by molar-refractivity contribution is 5.88. The van der Waals surface area contributed by atoms with Crippen molar-refractivity contribution in [2.75, 3.05) is 13.7 Å². The van der Waals surface area contributed by atoms with Crippen molar-refractivity contribution in [3.8, 4) is 0 Å². The molecule has 0 bridgehead atoms. The van der Waals surface area contributed by atoms with Crippen molar-refractivity contribution in [3.63, 3.8) is 0 Å². The van der Waals surface area contributed by atoms with Gasteiger partial charge in [-0.2, -0.15) is 0 Å². The van der Waals surface area contributed by atoms with Crippen LogP contribution in [0.3, 0.4) is 0 Å². The molecule has 0 aliphatic rings. The van der Waals surface area contributed by atoms with Gasteiger partial charge in [-0.05, 0) is 12.0 Å². The summed E-state index contributed by atoms with van der Waals surface area (Å²) in [5, 5.41) is 2.60. The molecule has 0 spiro atoms. The normalized spacial score (nSPS) is 11.9. The lowest BCUT2D eigenvalue weighted by atomic mass is 10.0. The summed E-state index contributed by atoms with van der Waals surface area (Å²) >= 11 is 0. The molecule has 0 aliphatic heterocycles. The first-order valence-electron chi connectivity index (χ1n) is 5.96. The zero-order chi connectivity index (χ0) is 13.4. The molecular formula is C14H19NO3. The molecule has 0 unspecified atom stereocenters. The van der Waals surface area contributed by atoms with Crippen LogP contribution < -0.4 is 5.32 Å². The molecule has 4 heteroatoms. The van der Waals surface area contributed by atoms with E-state index in [9.17, 15) is 9.59 Å². The number of benzene rings is 1. The Morgan fingerprint density at radius 2 is 1.94 bits per heavy atom. The van der Waals surface area contributed by atoms with Crippen LogP contribution in [-0.2, 0) is 20.7 Å². The summed E-state index contributed by atoms with van der Waals surface area (Å²) in [6.45, 7) is 1.61. The van der Waals surface area contributed by atoms with Gasteiger partial charge in [-0.1, -0.05) is 30.3 Å². The van der Waals surface area contributed by atoms with Gasteiger partial charge in [-0.25, -0.2) is 0 Å². The first-order valence-corrected chi connectivity index (χ1v) is 5.96. The summed E-state index contributed by atoms with van der Waals surface area (Å²) < 4.78 is 4.94. The van der Waals surface area contributed by atoms with Gasteiger partial charge in [0.2, 0.25) is 5.91 Å². The fraction of sp³-hybridized carbons (Fsp3) is 0.429. The molecule has 1 rings (SSSR count). The number of Topliss-reactive ketones (excluding diaryl/α,β-unsaturated/α-hetero) is 1. The minimum absolute atomic E-state index is 0.00379. The molecule has 0 heterocycles. The van der Waals surface area contributed by atoms with E-state index in [1.54, 1.807) is 0 Å². The van der Waals surface area contributed by atoms with Gasteiger partial charge in [0.25, 0.3) is 0 Å². The van der Waals surface area contributed by atoms with E-state index < -0.39 is 6.04 Å². The van der Waals surface area contributed by atoms with Crippen molar-refractivity contribution in [2.45, 2.75) is 25.8 Å². The van der Waals surface area contributed by atoms with E-state index in [0.29, 0.717) is 12.8 Å². The second-order valence-corrected chi connectivity index (χ2v) is 4.16. The number of hydrogen-bond donors (Lipinski definition) is 1. The Kier molecular flexibility index (Phi) is 6.08. The monoisotopic (exact) mass is 249 g/mol. The smallest absolute Gasteiger partial charge is 0.217 e. The number of ketones is 1. The largest absolute Gasteiger partial charge is 0.382 e. The third-order valence-electron chi connectivity index (χ3n) is 2.60. The number of aryl methyl sites for hydroxylation is 1. The molecule has 18 heavy (non-hydrogen) atoms. The Morgan fingerprint density at radius 1 is 1.28 bits per heavy atom. The molecular weight excluding hydrogens is 230 g/mol. The summed E-state index contributed by atoms with van der Waals surface area (Å²) in [5.74, 6) is -0.221. The van der Waals surface area contributed by atoms with Crippen molar-refractivity contribution >= 4 is 11.7 Å². The van der Waals surface area contributed by atoms with Crippen LogP contribution in [0.5, 0.6) is 0 Å². The number of hydrogen-bond acceptors (Lipinski definition) is 3. The van der Waals surface area contributed by atoms with Crippen LogP contribution in [0.25, 0.3) is 0 Å². The minimum atomic E-state index is -0.545. The van der Waals surface area contributed by atoms with E-state index in [-0.39, 0.29) is 18.3 Å². The number of carbonyl (C=O) groups excluding carboxylic acids is 2. The van der Waals surface area contributed by atoms with E-state index in [1.807, 2.05) is 30.3 Å². The van der Waals surface area contributed by atoms with Gasteiger partial charge in [0, 0.05) is 20.5 Å². The molecule has 0 saturated heterocycles. The Bertz CT molecular complexity index is 389. The van der Waals surface area contributed by atoms with Crippen LogP contribution in [0.2, 0.25) is 0 Å². The van der Waals surface area contributed by atoms with E-state index in [0.717, 1.165) is 5.56 Å². The summed E-state index contributed by atoms with van der Waals surface area (Å²) in [6.07, 6.45) is 1.08. The zero-order valence-electron chi connectivity index (χ0n) is 10.8. The molecule has 4 nitrogen and oxygen atoms in total. The highest BCUT2D eigenvalue weighted by Crippen LogP contribution is 2.04. The first kappa shape index (κ1) is 14.4. The standard InChI is InChI=1S/C14H19NO3/c1-11(16)15-13(10-18-2)14(17)9-8-12-6-4-3-5-7-12/h3-7,13H,8-10H2,1-2H3,(H,15,16)/t13-/m1/s1. The maximum absolute atomic E-state index is 11.9. The Labute approximate surface area is 107 Å². The lowest BCUT2D eigenvalue weighted by Crippen LogP contribution is -2.43. The Hall–Kier alpha value is -1.68. The molecule has 0 fully saturated rings. The average molecular weight is 249 g/mol. The molecule has 0 aliphatic carbocycles. The van der Waals surface area contributed by atoms with Gasteiger partial charge < -0.3 is 10.1 Å². The molecule has 0 saturated carbocycles. The maximum atomic E-state index is 11.9. The van der Waals surface area contributed by atoms with Gasteiger partial charge in [0.1, 0.15) is 6.04 Å². The molecule has 98 valence electrons. The molecule has 0 radical (unpaired) electrons. The van der Waals surface area contributed by atoms with Crippen molar-refractivity contribution in [3.05, 3.63) is 35.9 Å². The maximum Gasteiger partial charge on any atom is 0.217 e. The number of carbonyl (C=O) groups is 2. The van der Waals surface area contributed by atoms with Crippen LogP contribution in [0, 0.1) is 0 Å². The lowest BCUT2D eigenvalue weighted by molar-refractivity contribution is -0.128. The fourth-order valence-electron chi connectivity index (χ4n) is 1.71. The molecule has 1 atom stereocenters. The highest BCUT2D eigenvalue weighted by atomic mass is 16.5. The fourth-order valence-corrected chi connectivity index (χ4v) is 1.71. The van der Waals surface area contributed by atoms with Crippen molar-refractivity contribution in [1.29, 1.82) is 0 Å². The average Bonchev–Trinajstić information content (AvgIpc) is 2.36. The number of ether oxygens (including phenoxy) is 1. The quantitative estimate of drug-likeness (QED) is 0.793. The first-order chi connectivity index (χ1) is 8.63. The van der Waals surface area contributed by atoms with Crippen molar-refractivity contribution in [2.24, 2.45) is 0 Å². The molecule has 1 N–H and O–H groups in total. The zero-order valence-corrected chi connectivity index (χ0v) is 10.8. The predicted molar refractivity (Wildman–Crippen MR) is 69.3 cm³/mol. The summed E-state index contributed by atoms with van der Waals surface area (Å²) in [7, 11) is 1.51. The van der Waals surface area contributed by atoms with Crippen molar-refractivity contribution in [1.82, 2.24) is 5.32 Å². The van der Waals surface area contributed by atoms with Crippen molar-refractivity contribution < 1.29 is 14.3 Å². The minimum Gasteiger partial charge on any atom is -0.382 e. The van der Waals surface area contributed by atoms with E-state index in [1.165, 1.54) is 14.0 Å². The SMILES string of the molecule is COC[C@@H](NC(C)=O)C(=O)CCc1ccccc1. The topological polar surface area (TPSA) is 55.4 Å². The van der Waals surface area contributed by atoms with Crippen LogP contribution in [-0.4, -0.2) is 31.4 Å². The predicted octanol–water partition coefficient (Wildman–Crippen LogP) is 1.34. The van der Waals surface area contributed by atoms with Crippen LogP contribution in [0.15, 0.2) is 30.3 Å². The summed E-state index contributed by atoms with van der Waals surface area (Å²) in [6, 6.07) is 9.25. The summed E-state index contributed by atoms with van der Waals surface area (Å²) in [5.41, 5.74) is 1.12. The van der Waals surface area contributed by atoms with Gasteiger partial charge >= 0.3 is 0 Å². The highest BCUT2D eigenvalue weighted by Gasteiger charge is 2.18. The van der Waals surface area contributed by atoms with E-state index in [4.69, 9.17) is 4.74 Å². The molecule has 1 aromatic carbocycles. The number of methoxy groups -OCH3 is 1. The summed E-state index contributed by atoms with van der Waals surface area (Å²) in [4.78, 5) is 22.9. The van der Waals surface area contributed by atoms with Gasteiger partial charge in [0.15, 0.2) is 5.78 Å². The van der Waals surface area contributed by atoms with Crippen LogP contribution >= 0.6 is 0 Å². The molecule has 1 aromatic rings. The second-order valence-electron chi connectivity index (χ2n) is 4.16. The van der Waals surface area contributed by atoms with Crippen LogP contribution in [0.1, 0.15) is 18.9 Å². The second kappa shape index (κ2) is 7.61. The van der Waals surface area contributed by atoms with Gasteiger partial charge in [0.05, 0.1) is 6.61 Å². The number of nitrogens with one attached hydrogen (secondary N) is 1. The van der Waals surface area contributed by atoms with Gasteiger partial charge in [-0.15, -0.1) is 0 Å². The number of amides is 1. The lowest BCUT2D eigenvalue weighted by Gasteiger charge is -2.15. The number of rotatable bonds is 7. The van der Waals surface area contributed by atoms with Crippen LogP contribution in [0.4, 0.5) is 0 Å². The van der Waals surface area contributed by atoms with E-state index in [2.05, 4.69) is 5.32 Å². The van der Waals surface area contributed by atoms with E-state index >= 15 is 0 Å². The van der Waals surface area contributed by atoms with Gasteiger partial charge in [-0.3, -0.25) is 9.59 Å². The Balaban J connectivity index is 2.48. The Morgan fingerprint density at radius 3 is 2.50 bits per heavy atom. The molecule has 1 amide bonds. The molecule has 0 aromatic heterocycles.